The Morgan fingerprint density at radius 3 is 2.61 bits per heavy atom. The molecular formula is C18H25N3O2. The Bertz CT molecular complexity index is 606. The van der Waals surface area contributed by atoms with Gasteiger partial charge in [0, 0.05) is 25.4 Å². The number of piperidine rings is 1. The Kier molecular flexibility index (Phi) is 4.39. The Labute approximate surface area is 137 Å². The van der Waals surface area contributed by atoms with E-state index in [1.807, 2.05) is 11.0 Å². The molecule has 2 heterocycles. The molecule has 3 rings (SSSR count). The van der Waals surface area contributed by atoms with E-state index in [1.54, 1.807) is 0 Å². The molecule has 0 aromatic heterocycles. The molecule has 0 bridgehead atoms. The topological polar surface area (TPSA) is 52.7 Å². The number of likely N-dealkylation sites (tertiary alicyclic amines) is 1. The summed E-state index contributed by atoms with van der Waals surface area (Å²) in [5.41, 5.74) is 2.73. The Hall–Kier alpha value is -1.88. The van der Waals surface area contributed by atoms with E-state index in [4.69, 9.17) is 0 Å². The average Bonchev–Trinajstić information content (AvgIpc) is 2.55. The highest BCUT2D eigenvalue weighted by Crippen LogP contribution is 2.41. The molecule has 1 saturated heterocycles. The van der Waals surface area contributed by atoms with E-state index < -0.39 is 0 Å². The van der Waals surface area contributed by atoms with Crippen LogP contribution in [0.2, 0.25) is 0 Å². The van der Waals surface area contributed by atoms with Gasteiger partial charge in [0.2, 0.25) is 11.8 Å². The maximum absolute atomic E-state index is 12.5. The molecular weight excluding hydrogens is 290 g/mol. The normalized spacial score (nSPS) is 20.2. The van der Waals surface area contributed by atoms with Crippen LogP contribution in [0.4, 0.5) is 0 Å². The minimum Gasteiger partial charge on any atom is -0.347 e. The Morgan fingerprint density at radius 2 is 1.91 bits per heavy atom. The molecule has 1 fully saturated rings. The molecule has 5 nitrogen and oxygen atoms in total. The summed E-state index contributed by atoms with van der Waals surface area (Å²) in [5.74, 6) is -0.155. The van der Waals surface area contributed by atoms with Gasteiger partial charge in [-0.3, -0.25) is 9.59 Å². The first-order valence-electron chi connectivity index (χ1n) is 8.29. The largest absolute Gasteiger partial charge is 0.347 e. The van der Waals surface area contributed by atoms with Crippen molar-refractivity contribution in [3.05, 3.63) is 35.4 Å². The monoisotopic (exact) mass is 315 g/mol. The number of hydrogen-bond acceptors (Lipinski definition) is 3. The van der Waals surface area contributed by atoms with Crippen LogP contribution in [0.25, 0.3) is 0 Å². The van der Waals surface area contributed by atoms with Crippen molar-refractivity contribution < 1.29 is 9.59 Å². The average molecular weight is 315 g/mol. The molecule has 0 radical (unpaired) electrons. The maximum atomic E-state index is 12.5. The highest BCUT2D eigenvalue weighted by molar-refractivity contribution is 5.84. The van der Waals surface area contributed by atoms with Crippen LogP contribution in [0.3, 0.4) is 0 Å². The quantitative estimate of drug-likeness (QED) is 0.890. The fourth-order valence-electron chi connectivity index (χ4n) is 3.85. The van der Waals surface area contributed by atoms with E-state index in [0.29, 0.717) is 6.54 Å². The number of benzene rings is 1. The van der Waals surface area contributed by atoms with Gasteiger partial charge in [0.05, 0.1) is 6.54 Å². The third-order valence-electron chi connectivity index (χ3n) is 5.23. The fourth-order valence-corrected chi connectivity index (χ4v) is 3.85. The van der Waals surface area contributed by atoms with E-state index in [9.17, 15) is 9.59 Å². The molecule has 0 saturated carbocycles. The Morgan fingerprint density at radius 1 is 1.22 bits per heavy atom. The molecule has 1 aromatic carbocycles. The molecule has 2 aliphatic rings. The summed E-state index contributed by atoms with van der Waals surface area (Å²) in [4.78, 5) is 27.9. The van der Waals surface area contributed by atoms with Gasteiger partial charge in [-0.25, -0.2) is 0 Å². The second-order valence-corrected chi connectivity index (χ2v) is 6.90. The summed E-state index contributed by atoms with van der Waals surface area (Å²) in [6.07, 6.45) is 2.15. The molecule has 0 unspecified atom stereocenters. The van der Waals surface area contributed by atoms with Crippen LogP contribution in [0, 0.1) is 0 Å². The Balaban J connectivity index is 1.85. The number of nitrogens with one attached hydrogen (secondary N) is 1. The van der Waals surface area contributed by atoms with Crippen molar-refractivity contribution in [1.82, 2.24) is 15.1 Å². The summed E-state index contributed by atoms with van der Waals surface area (Å²) in [5, 5.41) is 2.63. The van der Waals surface area contributed by atoms with Crippen molar-refractivity contribution in [3.8, 4) is 0 Å². The van der Waals surface area contributed by atoms with Gasteiger partial charge in [-0.1, -0.05) is 24.3 Å². The van der Waals surface area contributed by atoms with Crippen molar-refractivity contribution >= 4 is 11.8 Å². The lowest BCUT2D eigenvalue weighted by molar-refractivity contribution is -0.134. The van der Waals surface area contributed by atoms with Crippen LogP contribution in [-0.4, -0.2) is 54.8 Å². The van der Waals surface area contributed by atoms with E-state index in [0.717, 1.165) is 32.5 Å². The van der Waals surface area contributed by atoms with Crippen LogP contribution < -0.4 is 5.32 Å². The number of nitrogens with zero attached hydrogens (tertiary/aromatic N) is 2. The molecule has 1 aromatic rings. The fraction of sp³-hybridized carbons (Fsp3) is 0.556. The van der Waals surface area contributed by atoms with Gasteiger partial charge in [-0.15, -0.1) is 0 Å². The molecule has 124 valence electrons. The molecule has 2 amide bonds. The van der Waals surface area contributed by atoms with Crippen molar-refractivity contribution in [2.75, 3.05) is 33.2 Å². The van der Waals surface area contributed by atoms with Crippen LogP contribution in [-0.2, 0) is 21.5 Å². The van der Waals surface area contributed by atoms with Gasteiger partial charge in [0.15, 0.2) is 0 Å². The first kappa shape index (κ1) is 16.0. The zero-order chi connectivity index (χ0) is 16.4. The van der Waals surface area contributed by atoms with E-state index in [1.165, 1.54) is 18.1 Å². The van der Waals surface area contributed by atoms with Gasteiger partial charge in [-0.2, -0.15) is 0 Å². The zero-order valence-electron chi connectivity index (χ0n) is 14.0. The number of rotatable bonds is 2. The predicted octanol–water partition coefficient (Wildman–Crippen LogP) is 1.13. The number of carbonyl (C=O) groups is 2. The predicted molar refractivity (Wildman–Crippen MR) is 89.0 cm³/mol. The summed E-state index contributed by atoms with van der Waals surface area (Å²) >= 11 is 0. The van der Waals surface area contributed by atoms with Crippen molar-refractivity contribution in [1.29, 1.82) is 0 Å². The molecule has 0 aliphatic carbocycles. The van der Waals surface area contributed by atoms with Gasteiger partial charge >= 0.3 is 0 Å². The third-order valence-corrected chi connectivity index (χ3v) is 5.23. The van der Waals surface area contributed by atoms with Crippen LogP contribution >= 0.6 is 0 Å². The lowest BCUT2D eigenvalue weighted by Gasteiger charge is -2.48. The molecule has 1 N–H and O–H groups in total. The van der Waals surface area contributed by atoms with E-state index in [-0.39, 0.29) is 23.8 Å². The summed E-state index contributed by atoms with van der Waals surface area (Å²) in [7, 11) is 2.15. The van der Waals surface area contributed by atoms with Crippen molar-refractivity contribution in [3.63, 3.8) is 0 Å². The van der Waals surface area contributed by atoms with Gasteiger partial charge in [0.1, 0.15) is 0 Å². The van der Waals surface area contributed by atoms with E-state index >= 15 is 0 Å². The molecule has 2 aliphatic heterocycles. The first-order chi connectivity index (χ1) is 11.0. The standard InChI is InChI=1S/C18H25N3O2/c1-14(22)19-11-17(23)21-12-15-5-3-4-6-16(15)18(13-21)7-9-20(2)10-8-18/h3-6H,7-13H2,1-2H3,(H,19,22). The molecule has 1 spiro atoms. The van der Waals surface area contributed by atoms with Gasteiger partial charge < -0.3 is 15.1 Å². The number of amides is 2. The van der Waals surface area contributed by atoms with Crippen LogP contribution in [0.15, 0.2) is 24.3 Å². The van der Waals surface area contributed by atoms with Crippen molar-refractivity contribution in [2.24, 2.45) is 0 Å². The van der Waals surface area contributed by atoms with Crippen LogP contribution in [0.1, 0.15) is 30.9 Å². The smallest absolute Gasteiger partial charge is 0.242 e. The minimum absolute atomic E-state index is 0.00741. The second kappa shape index (κ2) is 6.32. The molecule has 0 atom stereocenters. The summed E-state index contributed by atoms with van der Waals surface area (Å²) in [6, 6.07) is 8.51. The molecule has 5 heteroatoms. The zero-order valence-corrected chi connectivity index (χ0v) is 14.0. The number of fused-ring (bicyclic) bond motifs is 2. The summed E-state index contributed by atoms with van der Waals surface area (Å²) in [6.45, 7) is 5.05. The SMILES string of the molecule is CC(=O)NCC(=O)N1Cc2ccccc2C2(CCN(C)CC2)C1. The maximum Gasteiger partial charge on any atom is 0.242 e. The highest BCUT2D eigenvalue weighted by atomic mass is 16.2. The second-order valence-electron chi connectivity index (χ2n) is 6.90. The van der Waals surface area contributed by atoms with Crippen molar-refractivity contribution in [2.45, 2.75) is 31.7 Å². The highest BCUT2D eigenvalue weighted by Gasteiger charge is 2.42. The van der Waals surface area contributed by atoms with Gasteiger partial charge in [-0.05, 0) is 44.1 Å². The van der Waals surface area contributed by atoms with Gasteiger partial charge in [0.25, 0.3) is 0 Å². The number of hydrogen-bond donors (Lipinski definition) is 1. The van der Waals surface area contributed by atoms with Crippen LogP contribution in [0.5, 0.6) is 0 Å². The lowest BCUT2D eigenvalue weighted by Crippen LogP contribution is -2.54. The number of carbonyl (C=O) groups excluding carboxylic acids is 2. The van der Waals surface area contributed by atoms with E-state index in [2.05, 4.69) is 35.5 Å². The summed E-state index contributed by atoms with van der Waals surface area (Å²) < 4.78 is 0. The first-order valence-corrected chi connectivity index (χ1v) is 8.29. The minimum atomic E-state index is -0.162. The third kappa shape index (κ3) is 3.24. The lowest BCUT2D eigenvalue weighted by atomic mass is 9.69. The molecule has 23 heavy (non-hydrogen) atoms.